The molecule has 26 heteroatoms. The fraction of sp³-hybridized carbons (Fsp3) is 0.453. The molecule has 5 aliphatic rings. The van der Waals surface area contributed by atoms with Crippen LogP contribution < -0.4 is 10.2 Å². The van der Waals surface area contributed by atoms with E-state index in [4.69, 9.17) is 9.47 Å². The van der Waals surface area contributed by atoms with Crippen LogP contribution in [0.3, 0.4) is 0 Å². The molecule has 1 spiro atoms. The third kappa shape index (κ3) is 18.8. The lowest BCUT2D eigenvalue weighted by Gasteiger charge is -2.44. The molecule has 3 fully saturated rings. The van der Waals surface area contributed by atoms with Gasteiger partial charge in [-0.05, 0) is 160 Å². The Kier molecular flexibility index (Phi) is 27.2. The van der Waals surface area contributed by atoms with Gasteiger partial charge in [0.05, 0.1) is 29.5 Å². The zero-order valence-electron chi connectivity index (χ0n) is 56.6. The van der Waals surface area contributed by atoms with Crippen molar-refractivity contribution in [3.63, 3.8) is 0 Å². The summed E-state index contributed by atoms with van der Waals surface area (Å²) in [6, 6.07) is 37.6. The van der Waals surface area contributed by atoms with Gasteiger partial charge in [0.15, 0.2) is 0 Å². The van der Waals surface area contributed by atoms with Gasteiger partial charge in [0.1, 0.15) is 24.8 Å². The molecule has 3 saturated heterocycles. The normalized spacial score (nSPS) is 18.4. The van der Waals surface area contributed by atoms with Crippen LogP contribution >= 0.6 is 37.2 Å². The molecule has 0 bridgehead atoms. The highest BCUT2D eigenvalue weighted by Gasteiger charge is 2.50. The molecule has 5 amide bonds. The summed E-state index contributed by atoms with van der Waals surface area (Å²) in [5.74, 6) is -1.72. The third-order valence-corrected chi connectivity index (χ3v) is 20.6. The maximum Gasteiger partial charge on any atom is 0.416 e. The third-order valence-electron chi connectivity index (χ3n) is 20.6. The fourth-order valence-electron chi connectivity index (χ4n) is 14.9. The SMILES string of the molecule is CN(CCN1CCC(N(C(=O)O)c2ccccc2-c2ccccc2)CC1)C(=O)CCCCCNc1ccc2c(c1)CCN(CCCN(C)C(=O)CO[C@H]1Cc3ccccc3C13CCN(CC[C@@]1(c4ccc(F)cc4)CN(C(=O)c4cc(C(F)(F)F)cc(C(F)(F)F)c4)CO1)CC3)C2=O.Cl.Cl.Cl. The van der Waals surface area contributed by atoms with Crippen LogP contribution in [-0.4, -0.2) is 182 Å². The molecular weight excluding hydrogens is 1380 g/mol. The highest BCUT2D eigenvalue weighted by molar-refractivity contribution is 5.97. The monoisotopic (exact) mass is 1470 g/mol. The van der Waals surface area contributed by atoms with E-state index in [1.807, 2.05) is 96.9 Å². The molecule has 1 aliphatic carbocycles. The second-order valence-corrected chi connectivity index (χ2v) is 26.7. The van der Waals surface area contributed by atoms with Crippen molar-refractivity contribution in [2.75, 3.05) is 116 Å². The van der Waals surface area contributed by atoms with Crippen molar-refractivity contribution < 1.29 is 69.3 Å². The van der Waals surface area contributed by atoms with Gasteiger partial charge in [-0.15, -0.1) is 37.2 Å². The number of likely N-dealkylation sites (tertiary alicyclic amines) is 2. The number of piperidine rings is 2. The minimum Gasteiger partial charge on any atom is -0.465 e. The minimum absolute atomic E-state index is 0. The van der Waals surface area contributed by atoms with E-state index < -0.39 is 64.6 Å². The number of benzene rings is 6. The molecule has 0 aromatic heterocycles. The number of anilines is 2. The smallest absolute Gasteiger partial charge is 0.416 e. The zero-order chi connectivity index (χ0) is 69.4. The van der Waals surface area contributed by atoms with Crippen LogP contribution in [0.4, 0.5) is 46.9 Å². The van der Waals surface area contributed by atoms with Gasteiger partial charge in [0.25, 0.3) is 11.8 Å². The number of carboxylic acid groups (broad SMARTS) is 1. The summed E-state index contributed by atoms with van der Waals surface area (Å²) in [6.07, 6.45) is -3.65. The Balaban J connectivity index is 0.00000432. The number of likely N-dealkylation sites (N-methyl/N-ethyl adjacent to an activating group) is 2. The van der Waals surface area contributed by atoms with Crippen molar-refractivity contribution in [1.29, 1.82) is 0 Å². The number of hydrogen-bond donors (Lipinski definition) is 2. The maximum atomic E-state index is 14.3. The van der Waals surface area contributed by atoms with E-state index in [2.05, 4.69) is 27.2 Å². The lowest BCUT2D eigenvalue weighted by Crippen LogP contribution is -2.50. The molecule has 6 aromatic rings. The quantitative estimate of drug-likeness (QED) is 0.0415. The Labute approximate surface area is 603 Å². The number of halogens is 10. The molecule has 101 heavy (non-hydrogen) atoms. The number of para-hydroxylation sites is 1. The van der Waals surface area contributed by atoms with Gasteiger partial charge in [-0.2, -0.15) is 26.3 Å². The van der Waals surface area contributed by atoms with E-state index in [0.29, 0.717) is 126 Å². The van der Waals surface area contributed by atoms with Gasteiger partial charge >= 0.3 is 18.4 Å². The summed E-state index contributed by atoms with van der Waals surface area (Å²) in [7, 11) is 3.59. The molecule has 2 N–H and O–H groups in total. The minimum atomic E-state index is -5.15. The predicted molar refractivity (Wildman–Crippen MR) is 380 cm³/mol. The number of nitrogens with one attached hydrogen (secondary N) is 1. The Bertz CT molecular complexity index is 3770. The van der Waals surface area contributed by atoms with Crippen molar-refractivity contribution in [3.05, 3.63) is 190 Å². The fourth-order valence-corrected chi connectivity index (χ4v) is 14.9. The van der Waals surface area contributed by atoms with Crippen LogP contribution in [0.15, 0.2) is 140 Å². The lowest BCUT2D eigenvalue weighted by molar-refractivity contribution is -0.143. The van der Waals surface area contributed by atoms with Crippen LogP contribution in [0.2, 0.25) is 0 Å². The number of hydrogen-bond acceptors (Lipinski definition) is 10. The molecule has 2 atom stereocenters. The number of unbranched alkanes of at least 4 members (excludes halogenated alkanes) is 2. The summed E-state index contributed by atoms with van der Waals surface area (Å²) < 4.78 is 110. The van der Waals surface area contributed by atoms with Crippen LogP contribution in [0.25, 0.3) is 11.1 Å². The van der Waals surface area contributed by atoms with Gasteiger partial charge in [0, 0.05) is 113 Å². The summed E-state index contributed by atoms with van der Waals surface area (Å²) >= 11 is 0. The Morgan fingerprint density at radius 3 is 2.02 bits per heavy atom. The number of fused-ring (bicyclic) bond motifs is 3. The van der Waals surface area contributed by atoms with Gasteiger partial charge in [-0.25, -0.2) is 9.18 Å². The lowest BCUT2D eigenvalue weighted by atomic mass is 9.72. The first-order valence-corrected chi connectivity index (χ1v) is 33.9. The van der Waals surface area contributed by atoms with Crippen molar-refractivity contribution in [3.8, 4) is 11.1 Å². The Morgan fingerprint density at radius 2 is 1.33 bits per heavy atom. The Morgan fingerprint density at radius 1 is 0.673 bits per heavy atom. The van der Waals surface area contributed by atoms with Crippen LogP contribution in [0, 0.1) is 5.82 Å². The van der Waals surface area contributed by atoms with Crippen LogP contribution in [0.1, 0.15) is 118 Å². The maximum absolute atomic E-state index is 14.3. The van der Waals surface area contributed by atoms with E-state index in [9.17, 15) is 59.8 Å². The first-order chi connectivity index (χ1) is 47.0. The molecule has 546 valence electrons. The van der Waals surface area contributed by atoms with Gasteiger partial charge in [0.2, 0.25) is 11.8 Å². The van der Waals surface area contributed by atoms with E-state index >= 15 is 0 Å². The number of nitrogens with zero attached hydrogens (tertiary/aromatic N) is 7. The van der Waals surface area contributed by atoms with Crippen molar-refractivity contribution in [1.82, 2.24) is 29.4 Å². The van der Waals surface area contributed by atoms with Crippen molar-refractivity contribution in [2.24, 2.45) is 0 Å². The molecule has 4 heterocycles. The summed E-state index contributed by atoms with van der Waals surface area (Å²) in [5.41, 5.74) is 2.28. The zero-order valence-corrected chi connectivity index (χ0v) is 59.1. The average molecular weight is 1470 g/mol. The highest BCUT2D eigenvalue weighted by atomic mass is 35.5. The molecule has 0 radical (unpaired) electrons. The first kappa shape index (κ1) is 79.2. The molecule has 16 nitrogen and oxygen atoms in total. The average Bonchev–Trinajstić information content (AvgIpc) is 1.61. The standard InChI is InChI=1S/C75H85F7N8O8.3ClH/c1-84(34-13-35-88-38-27-53-46-60(25-26-63(53)70(88)94)83-33-12-4-7-20-67(91)85(2)42-43-86-36-28-61(29-37-86)90(71(95)96)65-19-11-9-17-62(65)52-14-5-3-6-15-52)68(92)49-97-66-47-54-16-8-10-18-64(54)72(66)30-39-87(40-31-72)41-32-73(56-21-23-59(76)24-22-56)50-89(51-98-73)69(93)55-44-57(74(77,78)79)48-58(45-55)75(80,81)82;;;/h3,5-6,8-11,14-19,21-26,44-46,48,61,66,83H,4,7,12-13,20,27-43,47,49-51H2,1-2H3,(H,95,96);3*1H/t66-,73-;;;/m0.../s1. The molecule has 0 unspecified atom stereocenters. The number of amides is 5. The second kappa shape index (κ2) is 34.6. The molecule has 4 aliphatic heterocycles. The number of ether oxygens (including phenoxy) is 2. The van der Waals surface area contributed by atoms with Crippen molar-refractivity contribution in [2.45, 2.75) is 113 Å². The molecule has 6 aromatic carbocycles. The molecule has 11 rings (SSSR count). The largest absolute Gasteiger partial charge is 0.465 e. The second-order valence-electron chi connectivity index (χ2n) is 26.7. The topological polar surface area (TPSA) is 159 Å². The molecular formula is C75H88Cl3F7N8O8. The summed E-state index contributed by atoms with van der Waals surface area (Å²) in [6.45, 7) is 5.87. The van der Waals surface area contributed by atoms with Crippen LogP contribution in [0.5, 0.6) is 0 Å². The van der Waals surface area contributed by atoms with Gasteiger partial charge in [-0.3, -0.25) is 24.1 Å². The van der Waals surface area contributed by atoms with E-state index in [1.165, 1.54) is 34.7 Å². The first-order valence-electron chi connectivity index (χ1n) is 33.9. The van der Waals surface area contributed by atoms with E-state index in [0.717, 1.165) is 78.3 Å². The van der Waals surface area contributed by atoms with Gasteiger partial charge < -0.3 is 49.3 Å². The van der Waals surface area contributed by atoms with Crippen LogP contribution in [-0.2, 0) is 55.3 Å². The van der Waals surface area contributed by atoms with Crippen molar-refractivity contribution >= 4 is 78.3 Å². The number of rotatable bonds is 25. The number of alkyl halides is 6. The molecule has 0 saturated carbocycles. The predicted octanol–water partition coefficient (Wildman–Crippen LogP) is 14.1. The van der Waals surface area contributed by atoms with Gasteiger partial charge in [-0.1, -0.05) is 91.3 Å². The Hall–Kier alpha value is -7.51. The van der Waals surface area contributed by atoms with E-state index in [1.54, 1.807) is 16.8 Å². The number of carbonyl (C=O) groups excluding carboxylic acids is 4. The number of carbonyl (C=O) groups is 5. The summed E-state index contributed by atoms with van der Waals surface area (Å²) in [4.78, 5) is 79.4. The highest BCUT2D eigenvalue weighted by Crippen LogP contribution is 2.49. The summed E-state index contributed by atoms with van der Waals surface area (Å²) in [5, 5.41) is 13.9. The van der Waals surface area contributed by atoms with E-state index in [-0.39, 0.29) is 92.7 Å².